The van der Waals surface area contributed by atoms with E-state index in [0.29, 0.717) is 5.56 Å². The van der Waals surface area contributed by atoms with Crippen molar-refractivity contribution in [2.45, 2.75) is 9.79 Å². The maximum Gasteiger partial charge on any atom is 0.203 e. The number of hydrogen-bond acceptors (Lipinski definition) is 9. The maximum absolute atomic E-state index is 12.8. The summed E-state index contributed by atoms with van der Waals surface area (Å²) in [5.74, 6) is -0.165. The van der Waals surface area contributed by atoms with Crippen LogP contribution in [0.1, 0.15) is 0 Å². The molecule has 2 aromatic carbocycles. The van der Waals surface area contributed by atoms with Crippen LogP contribution in [0.15, 0.2) is 46.3 Å². The molecule has 2 aromatic heterocycles. The molecule has 30 heavy (non-hydrogen) atoms. The van der Waals surface area contributed by atoms with Crippen LogP contribution in [0.4, 0.5) is 0 Å². The smallest absolute Gasteiger partial charge is 0.203 e. The summed E-state index contributed by atoms with van der Waals surface area (Å²) in [6.45, 7) is -0.0857. The van der Waals surface area contributed by atoms with E-state index < -0.39 is 21.2 Å². The van der Waals surface area contributed by atoms with Crippen molar-refractivity contribution in [1.82, 2.24) is 30.4 Å². The molecule has 0 aliphatic carbocycles. The number of benzene rings is 2. The van der Waals surface area contributed by atoms with Crippen LogP contribution in [-0.4, -0.2) is 55.7 Å². The SMILES string of the molecule is Cn1cc2cc(-c3ccc(S(=O)(=O)CCN)c([S+](N)[O-])c3-c3nnn[nH]3)ccc2n1. The van der Waals surface area contributed by atoms with E-state index in [0.717, 1.165) is 16.5 Å². The minimum atomic E-state index is -3.82. The number of nitrogens with two attached hydrogens (primary N) is 2. The Hall–Kier alpha value is -2.84. The number of hydrogen-bond donors (Lipinski definition) is 3. The van der Waals surface area contributed by atoms with Crippen molar-refractivity contribution < 1.29 is 13.0 Å². The largest absolute Gasteiger partial charge is 0.593 e. The molecule has 4 rings (SSSR count). The van der Waals surface area contributed by atoms with Gasteiger partial charge in [-0.25, -0.2) is 13.5 Å². The van der Waals surface area contributed by atoms with Crippen molar-refractivity contribution in [1.29, 1.82) is 0 Å². The Balaban J connectivity index is 2.04. The molecule has 13 heteroatoms. The fraction of sp³-hybridized carbons (Fsp3) is 0.176. The lowest BCUT2D eigenvalue weighted by atomic mass is 9.98. The summed E-state index contributed by atoms with van der Waals surface area (Å²) in [5.41, 5.74) is 7.81. The summed E-state index contributed by atoms with van der Waals surface area (Å²) in [7, 11) is -2.01. The van der Waals surface area contributed by atoms with E-state index in [1.165, 1.54) is 6.07 Å². The molecule has 0 saturated carbocycles. The van der Waals surface area contributed by atoms with Gasteiger partial charge < -0.3 is 10.3 Å². The number of H-pyrrole nitrogens is 1. The number of aromatic nitrogens is 6. The quantitative estimate of drug-likeness (QED) is 0.347. The van der Waals surface area contributed by atoms with Gasteiger partial charge in [0, 0.05) is 25.2 Å². The van der Waals surface area contributed by atoms with Gasteiger partial charge in [0.15, 0.2) is 15.7 Å². The monoisotopic (exact) mass is 446 g/mol. The highest BCUT2D eigenvalue weighted by Crippen LogP contribution is 2.39. The van der Waals surface area contributed by atoms with Crippen molar-refractivity contribution in [3.05, 3.63) is 36.5 Å². The Kier molecular flexibility index (Phi) is 5.29. The van der Waals surface area contributed by atoms with Gasteiger partial charge in [-0.1, -0.05) is 12.1 Å². The molecule has 0 saturated heterocycles. The van der Waals surface area contributed by atoms with Crippen LogP contribution in [0.5, 0.6) is 0 Å². The van der Waals surface area contributed by atoms with Crippen LogP contribution in [-0.2, 0) is 28.2 Å². The molecule has 0 aliphatic heterocycles. The normalized spacial score (nSPS) is 13.1. The zero-order chi connectivity index (χ0) is 21.5. The average Bonchev–Trinajstić information content (AvgIpc) is 3.34. The predicted octanol–water partition coefficient (Wildman–Crippen LogP) is 0.134. The van der Waals surface area contributed by atoms with Crippen molar-refractivity contribution in [2.75, 3.05) is 12.3 Å². The number of tetrazole rings is 1. The van der Waals surface area contributed by atoms with E-state index in [4.69, 9.17) is 10.9 Å². The van der Waals surface area contributed by atoms with Gasteiger partial charge in [-0.3, -0.25) is 4.68 Å². The zero-order valence-electron chi connectivity index (χ0n) is 15.8. The third kappa shape index (κ3) is 3.57. The third-order valence-electron chi connectivity index (χ3n) is 4.56. The molecule has 0 aliphatic rings. The molecule has 0 radical (unpaired) electrons. The average molecular weight is 447 g/mol. The van der Waals surface area contributed by atoms with E-state index in [-0.39, 0.29) is 33.5 Å². The van der Waals surface area contributed by atoms with Gasteiger partial charge in [0.2, 0.25) is 4.90 Å². The molecule has 0 amide bonds. The first kappa shape index (κ1) is 20.4. The molecule has 5 N–H and O–H groups in total. The van der Waals surface area contributed by atoms with Crippen LogP contribution >= 0.6 is 0 Å². The summed E-state index contributed by atoms with van der Waals surface area (Å²) in [6, 6.07) is 8.57. The molecule has 11 nitrogen and oxygen atoms in total. The number of nitrogens with one attached hydrogen (secondary N) is 1. The summed E-state index contributed by atoms with van der Waals surface area (Å²) in [6.07, 6.45) is 1.86. The molecule has 1 unspecified atom stereocenters. The van der Waals surface area contributed by atoms with Gasteiger partial charge >= 0.3 is 0 Å². The number of rotatable bonds is 6. The number of nitrogens with zero attached hydrogens (tertiary/aromatic N) is 5. The number of fused-ring (bicyclic) bond motifs is 1. The van der Waals surface area contributed by atoms with Gasteiger partial charge in [0.05, 0.1) is 28.2 Å². The zero-order valence-corrected chi connectivity index (χ0v) is 17.4. The van der Waals surface area contributed by atoms with Gasteiger partial charge in [0.1, 0.15) is 4.90 Å². The van der Waals surface area contributed by atoms with E-state index in [1.807, 2.05) is 31.4 Å². The van der Waals surface area contributed by atoms with Crippen molar-refractivity contribution in [3.63, 3.8) is 0 Å². The van der Waals surface area contributed by atoms with Gasteiger partial charge in [0.25, 0.3) is 0 Å². The lowest BCUT2D eigenvalue weighted by molar-refractivity contribution is 0.583. The van der Waals surface area contributed by atoms with Crippen molar-refractivity contribution >= 4 is 32.1 Å². The molecular formula is C17H18N8O3S2. The molecule has 0 fully saturated rings. The summed E-state index contributed by atoms with van der Waals surface area (Å²) in [4.78, 5) is -0.239. The van der Waals surface area contributed by atoms with Crippen LogP contribution in [0.25, 0.3) is 33.4 Å². The number of sulfone groups is 1. The van der Waals surface area contributed by atoms with Crippen LogP contribution < -0.4 is 10.9 Å². The highest BCUT2D eigenvalue weighted by Gasteiger charge is 2.32. The Bertz CT molecular complexity index is 1320. The van der Waals surface area contributed by atoms with E-state index >= 15 is 0 Å². The van der Waals surface area contributed by atoms with E-state index in [1.54, 1.807) is 10.7 Å². The van der Waals surface area contributed by atoms with Gasteiger partial charge in [-0.15, -0.1) is 10.2 Å². The number of aryl methyl sites for hydroxylation is 1. The second-order valence-corrected chi connectivity index (χ2v) is 9.63. The summed E-state index contributed by atoms with van der Waals surface area (Å²) >= 11 is -2.15. The van der Waals surface area contributed by atoms with Crippen LogP contribution in [0.3, 0.4) is 0 Å². The van der Waals surface area contributed by atoms with E-state index in [9.17, 15) is 13.0 Å². The second-order valence-electron chi connectivity index (χ2n) is 6.55. The standard InChI is InChI=1S/C17H18N8O3S2/c1-25-9-11-8-10(2-4-13(11)22-25)12-3-5-14(30(27,28)7-6-18)16(29(19)26)15(12)17-20-23-24-21-17/h2-5,8-9H,6-7,18-19H2,1H3,(H,20,21,23,24). The first-order chi connectivity index (χ1) is 14.3. The topological polar surface area (TPSA) is 182 Å². The van der Waals surface area contributed by atoms with Crippen LogP contribution in [0, 0.1) is 0 Å². The Morgan fingerprint density at radius 2 is 2.07 bits per heavy atom. The van der Waals surface area contributed by atoms with Crippen LogP contribution in [0.2, 0.25) is 0 Å². The fourth-order valence-electron chi connectivity index (χ4n) is 3.33. The molecule has 2 heterocycles. The Labute approximate surface area is 174 Å². The lowest BCUT2D eigenvalue weighted by Crippen LogP contribution is -2.22. The minimum absolute atomic E-state index is 0.0780. The highest BCUT2D eigenvalue weighted by atomic mass is 32.2. The predicted molar refractivity (Wildman–Crippen MR) is 111 cm³/mol. The van der Waals surface area contributed by atoms with E-state index in [2.05, 4.69) is 25.7 Å². The second kappa shape index (κ2) is 7.77. The first-order valence-electron chi connectivity index (χ1n) is 8.75. The molecule has 0 spiro atoms. The molecular weight excluding hydrogens is 428 g/mol. The molecule has 4 aromatic rings. The molecule has 0 bridgehead atoms. The first-order valence-corrected chi connectivity index (χ1v) is 11.6. The lowest BCUT2D eigenvalue weighted by Gasteiger charge is -2.16. The van der Waals surface area contributed by atoms with Crippen molar-refractivity contribution in [3.8, 4) is 22.5 Å². The molecule has 1 atom stereocenters. The summed E-state index contributed by atoms with van der Waals surface area (Å²) < 4.78 is 39.7. The van der Waals surface area contributed by atoms with Gasteiger partial charge in [-0.2, -0.15) is 5.10 Å². The molecule has 156 valence electrons. The maximum atomic E-state index is 12.8. The Morgan fingerprint density at radius 1 is 1.27 bits per heavy atom. The van der Waals surface area contributed by atoms with Gasteiger partial charge in [-0.05, 0) is 39.8 Å². The minimum Gasteiger partial charge on any atom is -0.593 e. The number of aromatic amines is 1. The third-order valence-corrected chi connectivity index (χ3v) is 7.30. The van der Waals surface area contributed by atoms with Crippen molar-refractivity contribution in [2.24, 2.45) is 17.9 Å². The fourth-order valence-corrected chi connectivity index (χ4v) is 5.82. The summed E-state index contributed by atoms with van der Waals surface area (Å²) in [5, 5.41) is 24.6. The Morgan fingerprint density at radius 3 is 2.73 bits per heavy atom. The highest BCUT2D eigenvalue weighted by molar-refractivity contribution is 7.93.